The van der Waals surface area contributed by atoms with Gasteiger partial charge in [-0.15, -0.1) is 0 Å². The first kappa shape index (κ1) is 21.3. The van der Waals surface area contributed by atoms with Gasteiger partial charge in [-0.3, -0.25) is 19.2 Å². The maximum atomic E-state index is 11.7. The molecule has 0 aromatic rings. The van der Waals surface area contributed by atoms with E-state index < -0.39 is 12.1 Å². The molecule has 23 heavy (non-hydrogen) atoms. The molecule has 0 saturated heterocycles. The Balaban J connectivity index is 4.04. The van der Waals surface area contributed by atoms with E-state index in [-0.39, 0.29) is 55.6 Å². The molecular formula is C17H29NO5. The minimum Gasteiger partial charge on any atom is -0.460 e. The number of hydrogen-bond acceptors (Lipinski definition) is 5. The second-order valence-electron chi connectivity index (χ2n) is 5.84. The first-order valence-corrected chi connectivity index (χ1v) is 8.30. The van der Waals surface area contributed by atoms with Crippen LogP contribution in [0.4, 0.5) is 0 Å². The van der Waals surface area contributed by atoms with Crippen molar-refractivity contribution in [3.8, 4) is 0 Å². The third-order valence-electron chi connectivity index (χ3n) is 3.53. The van der Waals surface area contributed by atoms with Gasteiger partial charge in [0.05, 0.1) is 13.0 Å². The van der Waals surface area contributed by atoms with E-state index in [0.29, 0.717) is 12.8 Å². The number of carbonyl (C=O) groups excluding carboxylic acids is 4. The Bertz CT molecular complexity index is 417. The third kappa shape index (κ3) is 10.6. The highest BCUT2D eigenvalue weighted by atomic mass is 16.5. The predicted molar refractivity (Wildman–Crippen MR) is 86.8 cm³/mol. The van der Waals surface area contributed by atoms with Crippen LogP contribution in [0.3, 0.4) is 0 Å². The van der Waals surface area contributed by atoms with Gasteiger partial charge >= 0.3 is 5.97 Å². The molecule has 0 aromatic carbocycles. The monoisotopic (exact) mass is 327 g/mol. The van der Waals surface area contributed by atoms with E-state index >= 15 is 0 Å². The van der Waals surface area contributed by atoms with Crippen LogP contribution in [-0.4, -0.2) is 36.1 Å². The van der Waals surface area contributed by atoms with Crippen LogP contribution in [0.5, 0.6) is 0 Å². The molecule has 0 aliphatic rings. The highest BCUT2D eigenvalue weighted by Gasteiger charge is 2.15. The molecule has 0 saturated carbocycles. The zero-order valence-corrected chi connectivity index (χ0v) is 14.6. The Morgan fingerprint density at radius 2 is 1.61 bits per heavy atom. The van der Waals surface area contributed by atoms with Crippen molar-refractivity contribution >= 4 is 23.4 Å². The highest BCUT2D eigenvalue weighted by molar-refractivity contribution is 5.86. The Morgan fingerprint density at radius 1 is 0.957 bits per heavy atom. The van der Waals surface area contributed by atoms with Crippen molar-refractivity contribution in [1.29, 1.82) is 0 Å². The number of carbonyl (C=O) groups is 4. The molecule has 1 unspecified atom stereocenters. The normalized spacial score (nSPS) is 11.9. The maximum absolute atomic E-state index is 11.7. The molecule has 0 heterocycles. The summed E-state index contributed by atoms with van der Waals surface area (Å²) in [7, 11) is 0. The lowest BCUT2D eigenvalue weighted by atomic mass is 10.0. The minimum atomic E-state index is -0.428. The van der Waals surface area contributed by atoms with Crippen LogP contribution in [0.1, 0.15) is 66.2 Å². The number of ketones is 2. The SMILES string of the molecule is CCC(=O)CCC(=O)OC(CC)CNC(=O)CCC(=O)C(C)C. The van der Waals surface area contributed by atoms with Gasteiger partial charge in [0, 0.05) is 31.6 Å². The standard InChI is InChI=1S/C17H29NO5/c1-5-13(19)7-10-17(22)23-14(6-2)11-18-16(21)9-8-15(20)12(3)4/h12,14H,5-11H2,1-4H3,(H,18,21). The van der Waals surface area contributed by atoms with Crippen LogP contribution in [0.2, 0.25) is 0 Å². The molecule has 1 atom stereocenters. The number of esters is 1. The molecule has 0 aromatic heterocycles. The van der Waals surface area contributed by atoms with Crippen molar-refractivity contribution in [2.45, 2.75) is 72.3 Å². The Morgan fingerprint density at radius 3 is 2.13 bits per heavy atom. The molecule has 0 fully saturated rings. The molecule has 1 N–H and O–H groups in total. The molecule has 0 spiro atoms. The summed E-state index contributed by atoms with van der Waals surface area (Å²) in [5.41, 5.74) is 0. The summed E-state index contributed by atoms with van der Waals surface area (Å²) in [4.78, 5) is 45.9. The zero-order chi connectivity index (χ0) is 17.8. The second-order valence-corrected chi connectivity index (χ2v) is 5.84. The van der Waals surface area contributed by atoms with Crippen LogP contribution >= 0.6 is 0 Å². The third-order valence-corrected chi connectivity index (χ3v) is 3.53. The number of nitrogens with one attached hydrogen (secondary N) is 1. The lowest BCUT2D eigenvalue weighted by Crippen LogP contribution is -2.34. The lowest BCUT2D eigenvalue weighted by molar-refractivity contribution is -0.150. The summed E-state index contributed by atoms with van der Waals surface area (Å²) in [5, 5.41) is 2.67. The van der Waals surface area contributed by atoms with Gasteiger partial charge in [-0.1, -0.05) is 27.7 Å². The molecular weight excluding hydrogens is 298 g/mol. The average molecular weight is 327 g/mol. The predicted octanol–water partition coefficient (Wildman–Crippen LogP) is 2.19. The molecule has 6 nitrogen and oxygen atoms in total. The topological polar surface area (TPSA) is 89.5 Å². The second kappa shape index (κ2) is 11.8. The molecule has 0 aliphatic heterocycles. The molecule has 0 rings (SSSR count). The van der Waals surface area contributed by atoms with E-state index in [1.807, 2.05) is 6.92 Å². The minimum absolute atomic E-state index is 0.0260. The van der Waals surface area contributed by atoms with E-state index in [1.165, 1.54) is 0 Å². The summed E-state index contributed by atoms with van der Waals surface area (Å²) in [5.74, 6) is -0.646. The molecule has 0 radical (unpaired) electrons. The van der Waals surface area contributed by atoms with Gasteiger partial charge in [-0.05, 0) is 6.42 Å². The lowest BCUT2D eigenvalue weighted by Gasteiger charge is -2.17. The number of amides is 1. The average Bonchev–Trinajstić information content (AvgIpc) is 2.53. The van der Waals surface area contributed by atoms with E-state index in [9.17, 15) is 19.2 Å². The van der Waals surface area contributed by atoms with Crippen molar-refractivity contribution in [2.75, 3.05) is 6.54 Å². The van der Waals surface area contributed by atoms with Gasteiger partial charge in [0.25, 0.3) is 0 Å². The summed E-state index contributed by atoms with van der Waals surface area (Å²) < 4.78 is 5.24. The Hall–Kier alpha value is -1.72. The van der Waals surface area contributed by atoms with E-state index in [0.717, 1.165) is 0 Å². The summed E-state index contributed by atoms with van der Waals surface area (Å²) >= 11 is 0. The van der Waals surface area contributed by atoms with Crippen molar-refractivity contribution in [1.82, 2.24) is 5.32 Å². The van der Waals surface area contributed by atoms with Crippen molar-refractivity contribution in [3.05, 3.63) is 0 Å². The van der Waals surface area contributed by atoms with Gasteiger partial charge in [-0.2, -0.15) is 0 Å². The maximum Gasteiger partial charge on any atom is 0.306 e. The first-order valence-electron chi connectivity index (χ1n) is 8.30. The summed E-state index contributed by atoms with van der Waals surface area (Å²) in [6.45, 7) is 7.43. The summed E-state index contributed by atoms with van der Waals surface area (Å²) in [6, 6.07) is 0. The van der Waals surface area contributed by atoms with Crippen molar-refractivity contribution in [2.24, 2.45) is 5.92 Å². The Labute approximate surface area is 138 Å². The van der Waals surface area contributed by atoms with E-state index in [1.54, 1.807) is 20.8 Å². The molecule has 132 valence electrons. The van der Waals surface area contributed by atoms with Crippen molar-refractivity contribution < 1.29 is 23.9 Å². The highest BCUT2D eigenvalue weighted by Crippen LogP contribution is 2.04. The molecule has 0 bridgehead atoms. The number of rotatable bonds is 12. The summed E-state index contributed by atoms with van der Waals surface area (Å²) in [6.07, 6.45) is 1.19. The molecule has 0 aliphatic carbocycles. The molecule has 6 heteroatoms. The number of hydrogen-bond donors (Lipinski definition) is 1. The fourth-order valence-corrected chi connectivity index (χ4v) is 1.77. The fraction of sp³-hybridized carbons (Fsp3) is 0.765. The van der Waals surface area contributed by atoms with Crippen LogP contribution in [-0.2, 0) is 23.9 Å². The van der Waals surface area contributed by atoms with E-state index in [2.05, 4.69) is 5.32 Å². The van der Waals surface area contributed by atoms with Crippen LogP contribution < -0.4 is 5.32 Å². The van der Waals surface area contributed by atoms with Gasteiger partial charge < -0.3 is 10.1 Å². The van der Waals surface area contributed by atoms with Crippen LogP contribution in [0.15, 0.2) is 0 Å². The van der Waals surface area contributed by atoms with Crippen molar-refractivity contribution in [3.63, 3.8) is 0 Å². The van der Waals surface area contributed by atoms with E-state index in [4.69, 9.17) is 4.74 Å². The molecule has 1 amide bonds. The zero-order valence-electron chi connectivity index (χ0n) is 14.6. The fourth-order valence-electron chi connectivity index (χ4n) is 1.77. The number of Topliss-reactive ketones (excluding diaryl/α,β-unsaturated/α-hetero) is 2. The Kier molecular flexibility index (Phi) is 10.9. The van der Waals surface area contributed by atoms with Gasteiger partial charge in [0.2, 0.25) is 5.91 Å². The van der Waals surface area contributed by atoms with Crippen LogP contribution in [0.25, 0.3) is 0 Å². The first-order chi connectivity index (χ1) is 10.8. The van der Waals surface area contributed by atoms with Crippen LogP contribution in [0, 0.1) is 5.92 Å². The van der Waals surface area contributed by atoms with Gasteiger partial charge in [0.15, 0.2) is 0 Å². The smallest absolute Gasteiger partial charge is 0.306 e. The van der Waals surface area contributed by atoms with Gasteiger partial charge in [-0.25, -0.2) is 0 Å². The number of ether oxygens (including phenoxy) is 1. The largest absolute Gasteiger partial charge is 0.460 e. The van der Waals surface area contributed by atoms with Gasteiger partial charge in [0.1, 0.15) is 17.7 Å². The quantitative estimate of drug-likeness (QED) is 0.555.